The van der Waals surface area contributed by atoms with Gasteiger partial charge in [0.15, 0.2) is 0 Å². The van der Waals surface area contributed by atoms with Gasteiger partial charge in [-0.05, 0) is 11.6 Å². The first kappa shape index (κ1) is 13.1. The van der Waals surface area contributed by atoms with Gasteiger partial charge in [-0.2, -0.15) is 0 Å². The normalized spacial score (nSPS) is 11.7. The molecule has 0 bridgehead atoms. The number of sulfonamides is 1. The lowest BCUT2D eigenvalue weighted by Crippen LogP contribution is -2.23. The third-order valence-corrected chi connectivity index (χ3v) is 4.16. The van der Waals surface area contributed by atoms with Crippen LogP contribution < -0.4 is 5.73 Å². The van der Waals surface area contributed by atoms with Crippen molar-refractivity contribution < 1.29 is 8.42 Å². The number of nitrogens with two attached hydrogens (primary N) is 1. The van der Waals surface area contributed by atoms with Crippen molar-refractivity contribution in [2.24, 2.45) is 5.73 Å². The lowest BCUT2D eigenvalue weighted by atomic mass is 10.1. The van der Waals surface area contributed by atoms with Gasteiger partial charge in [0.05, 0.1) is 5.75 Å². The van der Waals surface area contributed by atoms with Crippen LogP contribution in [0.1, 0.15) is 11.1 Å². The van der Waals surface area contributed by atoms with Gasteiger partial charge in [-0.1, -0.05) is 30.4 Å². The summed E-state index contributed by atoms with van der Waals surface area (Å²) in [5.41, 5.74) is 6.84. The molecule has 0 amide bonds. The van der Waals surface area contributed by atoms with E-state index in [-0.39, 0.29) is 10.7 Å². The number of thiocarbonyl (C=S) groups is 1. The minimum Gasteiger partial charge on any atom is -0.389 e. The van der Waals surface area contributed by atoms with Gasteiger partial charge >= 0.3 is 0 Å². The molecule has 2 N–H and O–H groups in total. The molecule has 0 radical (unpaired) electrons. The second-order valence-electron chi connectivity index (χ2n) is 3.60. The maximum atomic E-state index is 11.6. The highest BCUT2D eigenvalue weighted by atomic mass is 32.2. The average molecular weight is 258 g/mol. The maximum Gasteiger partial charge on any atom is 0.217 e. The SMILES string of the molecule is CN(C)S(=O)(=O)Cc1cccc(C(N)=S)c1. The molecular formula is C10H14N2O2S2. The van der Waals surface area contributed by atoms with E-state index in [4.69, 9.17) is 18.0 Å². The van der Waals surface area contributed by atoms with Crippen molar-refractivity contribution in [1.29, 1.82) is 0 Å². The van der Waals surface area contributed by atoms with Gasteiger partial charge in [0.2, 0.25) is 10.0 Å². The fourth-order valence-corrected chi connectivity index (χ4v) is 2.14. The van der Waals surface area contributed by atoms with E-state index in [2.05, 4.69) is 0 Å². The molecule has 1 rings (SSSR count). The summed E-state index contributed by atoms with van der Waals surface area (Å²) < 4.78 is 24.5. The lowest BCUT2D eigenvalue weighted by Gasteiger charge is -2.11. The van der Waals surface area contributed by atoms with Crippen molar-refractivity contribution in [3.05, 3.63) is 35.4 Å². The first-order valence-electron chi connectivity index (χ1n) is 4.62. The Kier molecular flexibility index (Phi) is 4.01. The highest BCUT2D eigenvalue weighted by Gasteiger charge is 2.14. The fraction of sp³-hybridized carbons (Fsp3) is 0.300. The summed E-state index contributed by atoms with van der Waals surface area (Å²) in [5.74, 6) is -0.0452. The molecule has 1 aromatic rings. The largest absolute Gasteiger partial charge is 0.389 e. The molecular weight excluding hydrogens is 244 g/mol. The standard InChI is InChI=1S/C10H14N2O2S2/c1-12(2)16(13,14)7-8-4-3-5-9(6-8)10(11)15/h3-6H,7H2,1-2H3,(H2,11,15). The number of benzene rings is 1. The van der Waals surface area contributed by atoms with Gasteiger partial charge in [0, 0.05) is 19.7 Å². The van der Waals surface area contributed by atoms with E-state index < -0.39 is 10.0 Å². The molecule has 6 heteroatoms. The van der Waals surface area contributed by atoms with Crippen molar-refractivity contribution in [3.63, 3.8) is 0 Å². The van der Waals surface area contributed by atoms with Gasteiger partial charge in [-0.15, -0.1) is 0 Å². The van der Waals surface area contributed by atoms with Crippen LogP contribution in [0.15, 0.2) is 24.3 Å². The van der Waals surface area contributed by atoms with Crippen LogP contribution in [0.2, 0.25) is 0 Å². The monoisotopic (exact) mass is 258 g/mol. The van der Waals surface area contributed by atoms with Crippen LogP contribution in [0.5, 0.6) is 0 Å². The summed E-state index contributed by atoms with van der Waals surface area (Å²) >= 11 is 4.83. The third kappa shape index (κ3) is 3.26. The van der Waals surface area contributed by atoms with E-state index in [9.17, 15) is 8.42 Å². The highest BCUT2D eigenvalue weighted by molar-refractivity contribution is 7.88. The number of nitrogens with zero attached hydrogens (tertiary/aromatic N) is 1. The predicted octanol–water partition coefficient (Wildman–Crippen LogP) is 0.712. The van der Waals surface area contributed by atoms with Crippen LogP contribution in [0.25, 0.3) is 0 Å². The minimum atomic E-state index is -3.24. The molecule has 0 aromatic heterocycles. The van der Waals surface area contributed by atoms with Crippen LogP contribution >= 0.6 is 12.2 Å². The minimum absolute atomic E-state index is 0.0452. The zero-order valence-electron chi connectivity index (χ0n) is 9.17. The molecule has 4 nitrogen and oxygen atoms in total. The molecule has 0 aliphatic rings. The van der Waals surface area contributed by atoms with Crippen molar-refractivity contribution in [2.45, 2.75) is 5.75 Å². The molecule has 88 valence electrons. The van der Waals surface area contributed by atoms with Crippen molar-refractivity contribution in [2.75, 3.05) is 14.1 Å². The van der Waals surface area contributed by atoms with E-state index in [0.29, 0.717) is 11.1 Å². The first-order chi connectivity index (χ1) is 7.33. The Morgan fingerprint density at radius 1 is 1.44 bits per heavy atom. The van der Waals surface area contributed by atoms with E-state index >= 15 is 0 Å². The Morgan fingerprint density at radius 2 is 2.06 bits per heavy atom. The van der Waals surface area contributed by atoms with E-state index in [1.165, 1.54) is 18.4 Å². The fourth-order valence-electron chi connectivity index (χ4n) is 1.15. The Hall–Kier alpha value is -0.980. The Bertz CT molecular complexity index is 495. The molecule has 0 spiro atoms. The van der Waals surface area contributed by atoms with Crippen LogP contribution in [-0.2, 0) is 15.8 Å². The first-order valence-corrected chi connectivity index (χ1v) is 6.63. The summed E-state index contributed by atoms with van der Waals surface area (Å²) in [6, 6.07) is 6.94. The molecule has 0 saturated carbocycles. The second kappa shape index (κ2) is 4.90. The van der Waals surface area contributed by atoms with Gasteiger partial charge in [-0.3, -0.25) is 0 Å². The lowest BCUT2D eigenvalue weighted by molar-refractivity contribution is 0.520. The summed E-state index contributed by atoms with van der Waals surface area (Å²) in [5, 5.41) is 0. The molecule has 0 aliphatic heterocycles. The quantitative estimate of drug-likeness (QED) is 0.808. The second-order valence-corrected chi connectivity index (χ2v) is 6.23. The average Bonchev–Trinajstić information content (AvgIpc) is 2.17. The van der Waals surface area contributed by atoms with E-state index in [1.54, 1.807) is 24.3 Å². The van der Waals surface area contributed by atoms with E-state index in [0.717, 1.165) is 0 Å². The summed E-state index contributed by atoms with van der Waals surface area (Å²) in [6.45, 7) is 0. The van der Waals surface area contributed by atoms with Crippen LogP contribution in [-0.4, -0.2) is 31.8 Å². The molecule has 0 unspecified atom stereocenters. The van der Waals surface area contributed by atoms with Gasteiger partial charge in [0.25, 0.3) is 0 Å². The Balaban J connectivity index is 2.99. The van der Waals surface area contributed by atoms with Crippen LogP contribution in [0, 0.1) is 0 Å². The topological polar surface area (TPSA) is 63.4 Å². The number of hydrogen-bond acceptors (Lipinski definition) is 3. The van der Waals surface area contributed by atoms with Gasteiger partial charge < -0.3 is 5.73 Å². The third-order valence-electron chi connectivity index (χ3n) is 2.12. The van der Waals surface area contributed by atoms with Crippen molar-refractivity contribution >= 4 is 27.2 Å². The maximum absolute atomic E-state index is 11.6. The highest BCUT2D eigenvalue weighted by Crippen LogP contribution is 2.10. The molecule has 0 atom stereocenters. The van der Waals surface area contributed by atoms with Gasteiger partial charge in [0.1, 0.15) is 4.99 Å². The van der Waals surface area contributed by atoms with Crippen molar-refractivity contribution in [3.8, 4) is 0 Å². The molecule has 16 heavy (non-hydrogen) atoms. The zero-order chi connectivity index (χ0) is 12.3. The summed E-state index contributed by atoms with van der Waals surface area (Å²) in [4.78, 5) is 0.268. The smallest absolute Gasteiger partial charge is 0.217 e. The predicted molar refractivity (Wildman–Crippen MR) is 68.6 cm³/mol. The van der Waals surface area contributed by atoms with Crippen molar-refractivity contribution in [1.82, 2.24) is 4.31 Å². The zero-order valence-corrected chi connectivity index (χ0v) is 10.8. The molecule has 0 saturated heterocycles. The van der Waals surface area contributed by atoms with Crippen LogP contribution in [0.3, 0.4) is 0 Å². The molecule has 0 fully saturated rings. The summed E-state index contributed by atoms with van der Waals surface area (Å²) in [6.07, 6.45) is 0. The Morgan fingerprint density at radius 3 is 2.56 bits per heavy atom. The Labute approximate surface area is 101 Å². The molecule has 0 aliphatic carbocycles. The summed E-state index contributed by atoms with van der Waals surface area (Å²) in [7, 11) is -0.231. The number of hydrogen-bond donors (Lipinski definition) is 1. The molecule has 1 aromatic carbocycles. The van der Waals surface area contributed by atoms with E-state index in [1.807, 2.05) is 0 Å². The number of rotatable bonds is 4. The van der Waals surface area contributed by atoms with Gasteiger partial charge in [-0.25, -0.2) is 12.7 Å². The van der Waals surface area contributed by atoms with Crippen LogP contribution in [0.4, 0.5) is 0 Å². The molecule has 0 heterocycles.